The number of halogens is 1. The molecule has 2 aromatic rings. The summed E-state index contributed by atoms with van der Waals surface area (Å²) in [6, 6.07) is 9.00. The maximum absolute atomic E-state index is 12.2. The molecule has 0 aliphatic heterocycles. The summed E-state index contributed by atoms with van der Waals surface area (Å²) in [4.78, 5) is 23.3. The van der Waals surface area contributed by atoms with E-state index in [0.29, 0.717) is 5.56 Å². The summed E-state index contributed by atoms with van der Waals surface area (Å²) in [5, 5.41) is 21.5. The Bertz CT molecular complexity index is 728. The van der Waals surface area contributed by atoms with Gasteiger partial charge in [-0.15, -0.1) is 0 Å². The van der Waals surface area contributed by atoms with Crippen LogP contribution in [-0.4, -0.2) is 22.1 Å². The molecule has 0 saturated carbocycles. The van der Waals surface area contributed by atoms with Crippen molar-refractivity contribution >= 4 is 29.2 Å². The summed E-state index contributed by atoms with van der Waals surface area (Å²) in [6.07, 6.45) is 0. The van der Waals surface area contributed by atoms with E-state index < -0.39 is 11.9 Å². The summed E-state index contributed by atoms with van der Waals surface area (Å²) in [5.41, 5.74) is 0.465. The van der Waals surface area contributed by atoms with Gasteiger partial charge in [0.05, 0.1) is 21.8 Å². The molecular weight excluding hydrogens is 294 g/mol. The maximum Gasteiger partial charge on any atom is 0.337 e. The predicted molar refractivity (Wildman–Crippen MR) is 79.2 cm³/mol. The molecule has 0 heterocycles. The van der Waals surface area contributed by atoms with E-state index in [-0.39, 0.29) is 27.6 Å². The number of phenols is 1. The van der Waals surface area contributed by atoms with Crippen LogP contribution in [0.2, 0.25) is 5.02 Å². The average molecular weight is 306 g/mol. The van der Waals surface area contributed by atoms with Crippen LogP contribution in [0, 0.1) is 6.92 Å². The van der Waals surface area contributed by atoms with Gasteiger partial charge in [-0.3, -0.25) is 4.79 Å². The third kappa shape index (κ3) is 2.98. The Morgan fingerprint density at radius 1 is 1.10 bits per heavy atom. The molecule has 0 unspecified atom stereocenters. The third-order valence-electron chi connectivity index (χ3n) is 2.96. The van der Waals surface area contributed by atoms with Gasteiger partial charge < -0.3 is 15.5 Å². The Kier molecular flexibility index (Phi) is 4.14. The highest BCUT2D eigenvalue weighted by atomic mass is 35.5. The number of phenolic OH excluding ortho intramolecular Hbond substituents is 1. The lowest BCUT2D eigenvalue weighted by molar-refractivity contribution is 0.0698. The number of hydrogen-bond acceptors (Lipinski definition) is 3. The van der Waals surface area contributed by atoms with Crippen molar-refractivity contribution in [3.63, 3.8) is 0 Å². The van der Waals surface area contributed by atoms with Gasteiger partial charge in [0, 0.05) is 0 Å². The van der Waals surface area contributed by atoms with Crippen molar-refractivity contribution in [1.82, 2.24) is 0 Å². The smallest absolute Gasteiger partial charge is 0.337 e. The van der Waals surface area contributed by atoms with E-state index in [1.165, 1.54) is 24.3 Å². The number of rotatable bonds is 3. The number of carboxylic acids is 1. The monoisotopic (exact) mass is 305 g/mol. The number of hydrogen-bond donors (Lipinski definition) is 3. The summed E-state index contributed by atoms with van der Waals surface area (Å²) in [7, 11) is 0. The molecule has 0 radical (unpaired) electrons. The molecule has 0 aromatic heterocycles. The number of carbonyl (C=O) groups is 2. The van der Waals surface area contributed by atoms with Crippen molar-refractivity contribution in [3.05, 3.63) is 58.1 Å². The second kappa shape index (κ2) is 5.85. The number of aryl methyl sites for hydroxylation is 1. The van der Waals surface area contributed by atoms with Gasteiger partial charge in [0.2, 0.25) is 0 Å². The van der Waals surface area contributed by atoms with Gasteiger partial charge in [0.25, 0.3) is 5.91 Å². The fraction of sp³-hybridized carbons (Fsp3) is 0.0667. The van der Waals surface area contributed by atoms with Gasteiger partial charge in [-0.25, -0.2) is 4.79 Å². The van der Waals surface area contributed by atoms with Gasteiger partial charge in [-0.2, -0.15) is 0 Å². The lowest BCUT2D eigenvalue weighted by Crippen LogP contribution is -2.15. The Balaban J connectivity index is 2.41. The molecule has 0 bridgehead atoms. The number of nitrogens with one attached hydrogen (secondary N) is 1. The molecule has 6 heteroatoms. The standard InChI is InChI=1S/C15H12ClNO4/c1-8-4-2-6-10(13(8)18)14(19)17-12-9(15(20)21)5-3-7-11(12)16/h2-7,18H,1H3,(H,17,19)(H,20,21). The third-order valence-corrected chi connectivity index (χ3v) is 3.28. The first kappa shape index (κ1) is 14.9. The fourth-order valence-electron chi connectivity index (χ4n) is 1.85. The number of anilines is 1. The number of benzene rings is 2. The quantitative estimate of drug-likeness (QED) is 0.812. The van der Waals surface area contributed by atoms with E-state index in [1.54, 1.807) is 19.1 Å². The molecular formula is C15H12ClNO4. The Hall–Kier alpha value is -2.53. The highest BCUT2D eigenvalue weighted by Gasteiger charge is 2.18. The van der Waals surface area contributed by atoms with Crippen molar-refractivity contribution in [2.75, 3.05) is 5.32 Å². The van der Waals surface area contributed by atoms with Crippen LogP contribution >= 0.6 is 11.6 Å². The van der Waals surface area contributed by atoms with Gasteiger partial charge >= 0.3 is 5.97 Å². The Labute approximate surface area is 125 Å². The van der Waals surface area contributed by atoms with Gasteiger partial charge in [0.15, 0.2) is 0 Å². The van der Waals surface area contributed by atoms with Crippen LogP contribution in [-0.2, 0) is 0 Å². The SMILES string of the molecule is Cc1cccc(C(=O)Nc2c(Cl)cccc2C(=O)O)c1O. The van der Waals surface area contributed by atoms with E-state index >= 15 is 0 Å². The fourth-order valence-corrected chi connectivity index (χ4v) is 2.07. The first-order valence-electron chi connectivity index (χ1n) is 6.03. The molecule has 21 heavy (non-hydrogen) atoms. The van der Waals surface area contributed by atoms with Crippen LogP contribution in [0.25, 0.3) is 0 Å². The first-order chi connectivity index (χ1) is 9.91. The maximum atomic E-state index is 12.2. The van der Waals surface area contributed by atoms with E-state index in [9.17, 15) is 14.7 Å². The lowest BCUT2D eigenvalue weighted by Gasteiger charge is -2.11. The van der Waals surface area contributed by atoms with Crippen LogP contribution in [0.3, 0.4) is 0 Å². The minimum absolute atomic E-state index is 0.00225. The molecule has 3 N–H and O–H groups in total. The highest BCUT2D eigenvalue weighted by molar-refractivity contribution is 6.35. The summed E-state index contributed by atoms with van der Waals surface area (Å²) >= 11 is 5.94. The number of carbonyl (C=O) groups excluding carboxylic acids is 1. The van der Waals surface area contributed by atoms with Crippen LogP contribution in [0.1, 0.15) is 26.3 Å². The molecule has 108 valence electrons. The van der Waals surface area contributed by atoms with E-state index in [4.69, 9.17) is 16.7 Å². The highest BCUT2D eigenvalue weighted by Crippen LogP contribution is 2.28. The number of aromatic hydroxyl groups is 1. The normalized spacial score (nSPS) is 10.2. The summed E-state index contributed by atoms with van der Waals surface area (Å²) in [5.74, 6) is -1.99. The van der Waals surface area contributed by atoms with Crippen molar-refractivity contribution in [2.45, 2.75) is 6.92 Å². The second-order valence-electron chi connectivity index (χ2n) is 4.39. The molecule has 5 nitrogen and oxygen atoms in total. The van der Waals surface area contributed by atoms with Gasteiger partial charge in [-0.1, -0.05) is 29.8 Å². The Morgan fingerprint density at radius 3 is 2.38 bits per heavy atom. The molecule has 0 aliphatic rings. The second-order valence-corrected chi connectivity index (χ2v) is 4.80. The van der Waals surface area contributed by atoms with Crippen molar-refractivity contribution in [3.8, 4) is 5.75 Å². The summed E-state index contributed by atoms with van der Waals surface area (Å²) < 4.78 is 0. The number of para-hydroxylation sites is 2. The van der Waals surface area contributed by atoms with E-state index in [2.05, 4.69) is 5.32 Å². The van der Waals surface area contributed by atoms with Crippen molar-refractivity contribution in [1.29, 1.82) is 0 Å². The van der Waals surface area contributed by atoms with Crippen molar-refractivity contribution in [2.24, 2.45) is 0 Å². The van der Waals surface area contributed by atoms with Gasteiger partial charge in [0.1, 0.15) is 5.75 Å². The zero-order chi connectivity index (χ0) is 15.6. The zero-order valence-electron chi connectivity index (χ0n) is 11.1. The van der Waals surface area contributed by atoms with Crippen LogP contribution in [0.4, 0.5) is 5.69 Å². The summed E-state index contributed by atoms with van der Waals surface area (Å²) in [6.45, 7) is 1.66. The van der Waals surface area contributed by atoms with E-state index in [0.717, 1.165) is 0 Å². The van der Waals surface area contributed by atoms with Gasteiger partial charge in [-0.05, 0) is 30.7 Å². The van der Waals surface area contributed by atoms with Crippen LogP contribution < -0.4 is 5.32 Å². The molecule has 0 spiro atoms. The van der Waals surface area contributed by atoms with Crippen LogP contribution in [0.5, 0.6) is 5.75 Å². The number of amides is 1. The molecule has 2 rings (SSSR count). The molecule has 0 saturated heterocycles. The molecule has 2 aromatic carbocycles. The zero-order valence-corrected chi connectivity index (χ0v) is 11.8. The van der Waals surface area contributed by atoms with Crippen molar-refractivity contribution < 1.29 is 19.8 Å². The topological polar surface area (TPSA) is 86.6 Å². The molecule has 0 fully saturated rings. The largest absolute Gasteiger partial charge is 0.507 e. The minimum atomic E-state index is -1.21. The van der Waals surface area contributed by atoms with Crippen LogP contribution in [0.15, 0.2) is 36.4 Å². The predicted octanol–water partition coefficient (Wildman–Crippen LogP) is 3.30. The molecule has 0 atom stereocenters. The lowest BCUT2D eigenvalue weighted by atomic mass is 10.1. The number of carboxylic acid groups (broad SMARTS) is 1. The Morgan fingerprint density at radius 2 is 1.71 bits per heavy atom. The molecule has 1 amide bonds. The number of aromatic carboxylic acids is 1. The van der Waals surface area contributed by atoms with E-state index in [1.807, 2.05) is 0 Å². The molecule has 0 aliphatic carbocycles. The first-order valence-corrected chi connectivity index (χ1v) is 6.41. The minimum Gasteiger partial charge on any atom is -0.507 e. The average Bonchev–Trinajstić information content (AvgIpc) is 2.43.